The standard InChI is InChI=1S/C12H20N2O8S2/c15-11(13-9-1-5-23(17,18)7-9)21-3-4-22-12(16)14-10-2-6-24(19,20)8-10/h9-10H,1-8H2,(H,13,15)(H,14,16). The van der Waals surface area contributed by atoms with E-state index in [4.69, 9.17) is 9.47 Å². The van der Waals surface area contributed by atoms with Crippen molar-refractivity contribution < 1.29 is 35.9 Å². The van der Waals surface area contributed by atoms with E-state index in [1.54, 1.807) is 0 Å². The summed E-state index contributed by atoms with van der Waals surface area (Å²) in [7, 11) is -6.18. The van der Waals surface area contributed by atoms with E-state index in [-0.39, 0.29) is 36.2 Å². The molecule has 0 aromatic heterocycles. The van der Waals surface area contributed by atoms with Crippen LogP contribution in [0.25, 0.3) is 0 Å². The van der Waals surface area contributed by atoms with Gasteiger partial charge in [-0.3, -0.25) is 0 Å². The smallest absolute Gasteiger partial charge is 0.407 e. The summed E-state index contributed by atoms with van der Waals surface area (Å²) in [5.74, 6) is -0.132. The highest BCUT2D eigenvalue weighted by Gasteiger charge is 2.30. The van der Waals surface area contributed by atoms with Gasteiger partial charge in [0.2, 0.25) is 0 Å². The monoisotopic (exact) mass is 384 g/mol. The molecular formula is C12H20N2O8S2. The minimum atomic E-state index is -3.09. The second-order valence-electron chi connectivity index (χ2n) is 5.76. The highest BCUT2D eigenvalue weighted by Crippen LogP contribution is 2.12. The molecule has 0 aromatic carbocycles. The number of hydrogen-bond donors (Lipinski definition) is 2. The van der Waals surface area contributed by atoms with Crippen LogP contribution < -0.4 is 10.6 Å². The summed E-state index contributed by atoms with van der Waals surface area (Å²) in [5, 5.41) is 4.85. The number of ether oxygens (including phenoxy) is 2. The molecule has 0 aliphatic carbocycles. The van der Waals surface area contributed by atoms with Crippen molar-refractivity contribution in [3.8, 4) is 0 Å². The molecule has 0 saturated carbocycles. The lowest BCUT2D eigenvalue weighted by Crippen LogP contribution is -2.38. The van der Waals surface area contributed by atoms with Gasteiger partial charge in [0.25, 0.3) is 0 Å². The summed E-state index contributed by atoms with van der Waals surface area (Å²) in [6, 6.07) is -0.924. The number of sulfone groups is 2. The minimum absolute atomic E-state index is 0.0398. The summed E-state index contributed by atoms with van der Waals surface area (Å²) in [6.07, 6.45) is -0.854. The summed E-state index contributed by atoms with van der Waals surface area (Å²) in [6.45, 7) is -0.386. The Morgan fingerprint density at radius 3 is 1.46 bits per heavy atom. The molecule has 0 bridgehead atoms. The predicted molar refractivity (Wildman–Crippen MR) is 83.1 cm³/mol. The maximum atomic E-state index is 11.5. The van der Waals surface area contributed by atoms with Gasteiger partial charge in [-0.2, -0.15) is 0 Å². The van der Waals surface area contributed by atoms with E-state index in [0.717, 1.165) is 0 Å². The maximum Gasteiger partial charge on any atom is 0.407 e. The summed E-state index contributed by atoms with van der Waals surface area (Å²) < 4.78 is 54.5. The van der Waals surface area contributed by atoms with Crippen LogP contribution in [0.4, 0.5) is 9.59 Å². The molecule has 10 nitrogen and oxygen atoms in total. The Hall–Kier alpha value is -1.56. The number of nitrogens with one attached hydrogen (secondary N) is 2. The lowest BCUT2D eigenvalue weighted by atomic mass is 10.3. The minimum Gasteiger partial charge on any atom is -0.446 e. The van der Waals surface area contributed by atoms with Crippen LogP contribution in [0, 0.1) is 0 Å². The maximum absolute atomic E-state index is 11.5. The fourth-order valence-electron chi connectivity index (χ4n) is 2.50. The topological polar surface area (TPSA) is 145 Å². The first-order valence-electron chi connectivity index (χ1n) is 7.43. The van der Waals surface area contributed by atoms with E-state index in [9.17, 15) is 26.4 Å². The van der Waals surface area contributed by atoms with Crippen LogP contribution in [0.2, 0.25) is 0 Å². The van der Waals surface area contributed by atoms with E-state index >= 15 is 0 Å². The van der Waals surface area contributed by atoms with Crippen molar-refractivity contribution in [3.05, 3.63) is 0 Å². The van der Waals surface area contributed by atoms with E-state index in [1.165, 1.54) is 0 Å². The largest absolute Gasteiger partial charge is 0.446 e. The Balaban J connectivity index is 1.56. The number of hydrogen-bond acceptors (Lipinski definition) is 8. The van der Waals surface area contributed by atoms with Crippen LogP contribution in [0.1, 0.15) is 12.8 Å². The van der Waals surface area contributed by atoms with Crippen molar-refractivity contribution in [2.75, 3.05) is 36.2 Å². The zero-order valence-electron chi connectivity index (χ0n) is 12.9. The van der Waals surface area contributed by atoms with Gasteiger partial charge in [0.15, 0.2) is 19.7 Å². The first-order chi connectivity index (χ1) is 11.2. The molecule has 2 fully saturated rings. The van der Waals surface area contributed by atoms with Gasteiger partial charge in [-0.05, 0) is 12.8 Å². The zero-order chi connectivity index (χ0) is 17.8. The zero-order valence-corrected chi connectivity index (χ0v) is 14.5. The molecule has 2 saturated heterocycles. The van der Waals surface area contributed by atoms with E-state index in [2.05, 4.69) is 10.6 Å². The SMILES string of the molecule is O=C(NC1CCS(=O)(=O)C1)OCCOC(=O)NC1CCS(=O)(=O)C1. The van der Waals surface area contributed by atoms with E-state index < -0.39 is 43.9 Å². The predicted octanol–water partition coefficient (Wildman–Crippen LogP) is -1.19. The van der Waals surface area contributed by atoms with Crippen molar-refractivity contribution in [1.82, 2.24) is 10.6 Å². The molecule has 2 heterocycles. The van der Waals surface area contributed by atoms with Gasteiger partial charge in [-0.25, -0.2) is 26.4 Å². The highest BCUT2D eigenvalue weighted by atomic mass is 32.2. The summed E-state index contributed by atoms with van der Waals surface area (Å²) >= 11 is 0. The molecule has 138 valence electrons. The second kappa shape index (κ2) is 7.55. The average Bonchev–Trinajstić information content (AvgIpc) is 2.96. The van der Waals surface area contributed by atoms with Gasteiger partial charge >= 0.3 is 12.2 Å². The third-order valence-electron chi connectivity index (χ3n) is 3.66. The van der Waals surface area contributed by atoms with Crippen molar-refractivity contribution in [3.63, 3.8) is 0 Å². The summed E-state index contributed by atoms with van der Waals surface area (Å²) in [5.41, 5.74) is 0. The average molecular weight is 384 g/mol. The number of alkyl carbamates (subject to hydrolysis) is 2. The van der Waals surface area contributed by atoms with Gasteiger partial charge in [0.1, 0.15) is 13.2 Å². The molecule has 2 amide bonds. The molecule has 2 aliphatic heterocycles. The van der Waals surface area contributed by atoms with E-state index in [1.807, 2.05) is 0 Å². The Morgan fingerprint density at radius 2 is 1.17 bits per heavy atom. The first-order valence-corrected chi connectivity index (χ1v) is 11.1. The molecule has 0 spiro atoms. The number of carbonyl (C=O) groups excluding carboxylic acids is 2. The lowest BCUT2D eigenvalue weighted by Gasteiger charge is -2.13. The number of carbonyl (C=O) groups is 2. The van der Waals surface area contributed by atoms with Gasteiger partial charge in [-0.1, -0.05) is 0 Å². The molecule has 2 unspecified atom stereocenters. The highest BCUT2D eigenvalue weighted by molar-refractivity contribution is 7.91. The van der Waals surface area contributed by atoms with Crippen LogP contribution in [-0.2, 0) is 29.1 Å². The van der Waals surface area contributed by atoms with Crippen LogP contribution in [0.15, 0.2) is 0 Å². The van der Waals surface area contributed by atoms with Crippen LogP contribution in [0.3, 0.4) is 0 Å². The molecule has 0 radical (unpaired) electrons. The molecule has 12 heteroatoms. The van der Waals surface area contributed by atoms with Crippen LogP contribution in [-0.4, -0.2) is 77.3 Å². The molecule has 2 rings (SSSR count). The van der Waals surface area contributed by atoms with Crippen molar-refractivity contribution >= 4 is 31.9 Å². The molecule has 2 aliphatic rings. The number of amides is 2. The first kappa shape index (κ1) is 18.8. The van der Waals surface area contributed by atoms with Gasteiger partial charge in [0.05, 0.1) is 23.0 Å². The Labute approximate surface area is 140 Å². The van der Waals surface area contributed by atoms with Crippen LogP contribution >= 0.6 is 0 Å². The molecule has 2 atom stereocenters. The molecule has 2 N–H and O–H groups in total. The quantitative estimate of drug-likeness (QED) is 0.563. The lowest BCUT2D eigenvalue weighted by molar-refractivity contribution is 0.0932. The third kappa shape index (κ3) is 6.15. The fourth-order valence-corrected chi connectivity index (χ4v) is 5.85. The Morgan fingerprint density at radius 1 is 0.792 bits per heavy atom. The normalized spacial score (nSPS) is 27.3. The van der Waals surface area contributed by atoms with E-state index in [0.29, 0.717) is 12.8 Å². The fraction of sp³-hybridized carbons (Fsp3) is 0.833. The van der Waals surface area contributed by atoms with Crippen molar-refractivity contribution in [2.24, 2.45) is 0 Å². The summed E-state index contributed by atoms with van der Waals surface area (Å²) in [4.78, 5) is 22.9. The van der Waals surface area contributed by atoms with Gasteiger partial charge < -0.3 is 20.1 Å². The molecule has 24 heavy (non-hydrogen) atoms. The second-order valence-corrected chi connectivity index (χ2v) is 10.2. The third-order valence-corrected chi connectivity index (χ3v) is 7.19. The van der Waals surface area contributed by atoms with Crippen molar-refractivity contribution in [2.45, 2.75) is 24.9 Å². The van der Waals surface area contributed by atoms with Gasteiger partial charge in [-0.15, -0.1) is 0 Å². The Kier molecular flexibility index (Phi) is 5.91. The van der Waals surface area contributed by atoms with Gasteiger partial charge in [0, 0.05) is 12.1 Å². The van der Waals surface area contributed by atoms with Crippen molar-refractivity contribution in [1.29, 1.82) is 0 Å². The van der Waals surface area contributed by atoms with Crippen LogP contribution in [0.5, 0.6) is 0 Å². The molecule has 0 aromatic rings. The Bertz CT molecular complexity index is 628. The number of rotatable bonds is 5. The molecular weight excluding hydrogens is 364 g/mol.